The molecule has 72 valence electrons. The number of halogens is 2. The van der Waals surface area contributed by atoms with Crippen molar-refractivity contribution in [3.05, 3.63) is 34.1 Å². The molecule has 0 aliphatic rings. The van der Waals surface area contributed by atoms with E-state index in [1.807, 2.05) is 5.38 Å². The van der Waals surface area contributed by atoms with Crippen LogP contribution in [0.15, 0.2) is 23.8 Å². The summed E-state index contributed by atoms with van der Waals surface area (Å²) in [7, 11) is 0. The second-order valence-electron chi connectivity index (χ2n) is 2.46. The zero-order valence-electron chi connectivity index (χ0n) is 6.87. The molecule has 0 aliphatic carbocycles. The van der Waals surface area contributed by atoms with Gasteiger partial charge in [-0.2, -0.15) is 9.37 Å². The molecule has 0 amide bonds. The predicted octanol–water partition coefficient (Wildman–Crippen LogP) is 3.07. The summed E-state index contributed by atoms with van der Waals surface area (Å²) in [6.45, 7) is 0. The van der Waals surface area contributed by atoms with Crippen molar-refractivity contribution in [1.82, 2.24) is 9.97 Å². The van der Waals surface area contributed by atoms with Gasteiger partial charge in [0.15, 0.2) is 5.82 Å². The molecule has 2 heterocycles. The lowest BCUT2D eigenvalue weighted by Crippen LogP contribution is -1.95. The van der Waals surface area contributed by atoms with E-state index in [0.717, 1.165) is 6.20 Å². The van der Waals surface area contributed by atoms with Crippen molar-refractivity contribution in [2.75, 3.05) is 5.32 Å². The zero-order chi connectivity index (χ0) is 9.97. The van der Waals surface area contributed by atoms with Crippen LogP contribution < -0.4 is 5.32 Å². The Balaban J connectivity index is 2.23. The Labute approximate surface area is 88.6 Å². The summed E-state index contributed by atoms with van der Waals surface area (Å²) < 4.78 is 13.3. The van der Waals surface area contributed by atoms with Gasteiger partial charge in [0.1, 0.15) is 4.34 Å². The fraction of sp³-hybridized carbons (Fsp3) is 0. The topological polar surface area (TPSA) is 37.8 Å². The van der Waals surface area contributed by atoms with Crippen LogP contribution in [0, 0.1) is 5.95 Å². The third-order valence-electron chi connectivity index (χ3n) is 1.49. The van der Waals surface area contributed by atoms with Crippen LogP contribution in [0.4, 0.5) is 15.9 Å². The van der Waals surface area contributed by atoms with Crippen molar-refractivity contribution in [2.45, 2.75) is 0 Å². The number of nitrogens with zero attached hydrogens (tertiary/aromatic N) is 2. The first-order valence-corrected chi connectivity index (χ1v) is 4.99. The molecule has 0 aliphatic heterocycles. The van der Waals surface area contributed by atoms with E-state index in [4.69, 9.17) is 11.6 Å². The lowest BCUT2D eigenvalue weighted by atomic mass is 10.5. The summed E-state index contributed by atoms with van der Waals surface area (Å²) in [6.07, 6.45) is 2.47. The van der Waals surface area contributed by atoms with Gasteiger partial charge in [-0.1, -0.05) is 11.6 Å². The minimum absolute atomic E-state index is 0.338. The average molecular weight is 230 g/mol. The molecule has 0 atom stereocenters. The van der Waals surface area contributed by atoms with Crippen molar-refractivity contribution >= 4 is 34.4 Å². The summed E-state index contributed by atoms with van der Waals surface area (Å²) in [5, 5.41) is 4.69. The minimum atomic E-state index is -0.624. The highest BCUT2D eigenvalue weighted by molar-refractivity contribution is 7.15. The lowest BCUT2D eigenvalue weighted by molar-refractivity contribution is 0.578. The smallest absolute Gasteiger partial charge is 0.233 e. The van der Waals surface area contributed by atoms with Crippen molar-refractivity contribution in [3.63, 3.8) is 0 Å². The molecular weight excluding hydrogens is 225 g/mol. The van der Waals surface area contributed by atoms with E-state index in [-0.39, 0.29) is 0 Å². The molecule has 2 rings (SSSR count). The van der Waals surface area contributed by atoms with E-state index in [0.29, 0.717) is 15.8 Å². The molecule has 3 nitrogen and oxygen atoms in total. The molecule has 0 bridgehead atoms. The number of rotatable bonds is 2. The maximum Gasteiger partial charge on any atom is 0.233 e. The van der Waals surface area contributed by atoms with Crippen LogP contribution in [-0.4, -0.2) is 9.97 Å². The van der Waals surface area contributed by atoms with E-state index in [1.165, 1.54) is 17.5 Å². The van der Waals surface area contributed by atoms with Gasteiger partial charge in [0, 0.05) is 0 Å². The molecule has 0 unspecified atom stereocenters. The highest BCUT2D eigenvalue weighted by Gasteiger charge is 2.03. The third kappa shape index (κ3) is 2.00. The van der Waals surface area contributed by atoms with Gasteiger partial charge in [-0.3, -0.25) is 4.98 Å². The number of hydrogen-bond acceptors (Lipinski definition) is 4. The minimum Gasteiger partial charge on any atom is -0.337 e. The second-order valence-corrected chi connectivity index (χ2v) is 3.98. The molecule has 0 spiro atoms. The van der Waals surface area contributed by atoms with Crippen LogP contribution in [0.5, 0.6) is 0 Å². The van der Waals surface area contributed by atoms with Gasteiger partial charge in [0.2, 0.25) is 5.95 Å². The predicted molar refractivity (Wildman–Crippen MR) is 54.6 cm³/mol. The highest BCUT2D eigenvalue weighted by atomic mass is 35.5. The highest BCUT2D eigenvalue weighted by Crippen LogP contribution is 2.29. The van der Waals surface area contributed by atoms with Crippen LogP contribution in [0.2, 0.25) is 4.34 Å². The Bertz CT molecular complexity index is 446. The van der Waals surface area contributed by atoms with Gasteiger partial charge in [-0.05, 0) is 11.4 Å². The van der Waals surface area contributed by atoms with Crippen LogP contribution in [0.1, 0.15) is 0 Å². The van der Waals surface area contributed by atoms with Gasteiger partial charge >= 0.3 is 0 Å². The first kappa shape index (κ1) is 9.36. The molecule has 0 saturated heterocycles. The lowest BCUT2D eigenvalue weighted by Gasteiger charge is -2.02. The van der Waals surface area contributed by atoms with Crippen LogP contribution in [0.3, 0.4) is 0 Å². The molecule has 2 aromatic rings. The molecule has 6 heteroatoms. The average Bonchev–Trinajstić information content (AvgIpc) is 2.52. The fourth-order valence-corrected chi connectivity index (χ4v) is 1.76. The van der Waals surface area contributed by atoms with Gasteiger partial charge < -0.3 is 5.32 Å². The van der Waals surface area contributed by atoms with E-state index in [9.17, 15) is 4.39 Å². The monoisotopic (exact) mass is 229 g/mol. The largest absolute Gasteiger partial charge is 0.337 e. The Hall–Kier alpha value is -1.20. The molecule has 14 heavy (non-hydrogen) atoms. The number of nitrogens with one attached hydrogen (secondary N) is 1. The van der Waals surface area contributed by atoms with Gasteiger partial charge in [-0.15, -0.1) is 11.3 Å². The molecule has 0 radical (unpaired) electrons. The number of anilines is 2. The SMILES string of the molecule is Fc1cncc(Nc2ccsc2Cl)n1. The van der Waals surface area contributed by atoms with Gasteiger partial charge in [-0.25, -0.2) is 0 Å². The molecule has 0 fully saturated rings. The normalized spacial score (nSPS) is 10.1. The standard InChI is InChI=1S/C8H5ClFN3S/c9-8-5(1-2-14-8)12-7-4-11-3-6(10)13-7/h1-4H,(H,12,13). The van der Waals surface area contributed by atoms with E-state index < -0.39 is 5.95 Å². The summed E-state index contributed by atoms with van der Waals surface area (Å²) in [4.78, 5) is 7.25. The van der Waals surface area contributed by atoms with E-state index in [2.05, 4.69) is 15.3 Å². The molecule has 0 aromatic carbocycles. The molecule has 2 aromatic heterocycles. The number of hydrogen-bond donors (Lipinski definition) is 1. The Morgan fingerprint density at radius 1 is 1.43 bits per heavy atom. The van der Waals surface area contributed by atoms with Gasteiger partial charge in [0.25, 0.3) is 0 Å². The van der Waals surface area contributed by atoms with Gasteiger partial charge in [0.05, 0.1) is 18.1 Å². The Morgan fingerprint density at radius 2 is 2.29 bits per heavy atom. The molecule has 1 N–H and O–H groups in total. The molecule has 0 saturated carbocycles. The second kappa shape index (κ2) is 3.89. The maximum atomic E-state index is 12.7. The fourth-order valence-electron chi connectivity index (χ4n) is 0.922. The zero-order valence-corrected chi connectivity index (χ0v) is 8.44. The van der Waals surface area contributed by atoms with Crippen molar-refractivity contribution in [2.24, 2.45) is 0 Å². The first-order valence-electron chi connectivity index (χ1n) is 3.73. The molecular formula is C8H5ClFN3S. The Kier molecular flexibility index (Phi) is 2.60. The van der Waals surface area contributed by atoms with E-state index >= 15 is 0 Å². The first-order chi connectivity index (χ1) is 6.75. The van der Waals surface area contributed by atoms with Crippen molar-refractivity contribution in [1.29, 1.82) is 0 Å². The number of aromatic nitrogens is 2. The Morgan fingerprint density at radius 3 is 2.93 bits per heavy atom. The summed E-state index contributed by atoms with van der Waals surface area (Å²) in [5.41, 5.74) is 0.705. The third-order valence-corrected chi connectivity index (χ3v) is 2.66. The van der Waals surface area contributed by atoms with Crippen LogP contribution >= 0.6 is 22.9 Å². The van der Waals surface area contributed by atoms with E-state index in [1.54, 1.807) is 6.07 Å². The maximum absolute atomic E-state index is 12.7. The van der Waals surface area contributed by atoms with Crippen molar-refractivity contribution in [3.8, 4) is 0 Å². The summed E-state index contributed by atoms with van der Waals surface area (Å²) >= 11 is 7.23. The van der Waals surface area contributed by atoms with Crippen LogP contribution in [-0.2, 0) is 0 Å². The van der Waals surface area contributed by atoms with Crippen molar-refractivity contribution < 1.29 is 4.39 Å². The quantitative estimate of drug-likeness (QED) is 0.860. The number of thiophene rings is 1. The summed E-state index contributed by atoms with van der Waals surface area (Å²) in [5.74, 6) is -0.286. The van der Waals surface area contributed by atoms with Crippen LogP contribution in [0.25, 0.3) is 0 Å². The summed E-state index contributed by atoms with van der Waals surface area (Å²) in [6, 6.07) is 1.79.